The standard InChI is InChI=1S/C21H24ClNO5/c1-5-13-18(21(26)28-7-3)16(12-17(24)27-6-2)23(4)19(13)20(25)14-10-8-9-11-15(14)22/h8-11H,5-7,12H2,1-4H3. The number of ketones is 1. The highest BCUT2D eigenvalue weighted by Gasteiger charge is 2.31. The van der Waals surface area contributed by atoms with E-state index in [9.17, 15) is 14.4 Å². The minimum absolute atomic E-state index is 0.138. The van der Waals surface area contributed by atoms with E-state index in [0.717, 1.165) is 0 Å². The number of benzene rings is 1. The van der Waals surface area contributed by atoms with Crippen LogP contribution in [0.15, 0.2) is 24.3 Å². The molecule has 0 aliphatic carbocycles. The highest BCUT2D eigenvalue weighted by molar-refractivity contribution is 6.35. The van der Waals surface area contributed by atoms with Gasteiger partial charge in [-0.2, -0.15) is 0 Å². The van der Waals surface area contributed by atoms with Gasteiger partial charge in [0.05, 0.1) is 35.9 Å². The van der Waals surface area contributed by atoms with Crippen LogP contribution in [0.25, 0.3) is 0 Å². The molecule has 0 fully saturated rings. The van der Waals surface area contributed by atoms with Gasteiger partial charge in [0.1, 0.15) is 0 Å². The molecule has 0 saturated heterocycles. The van der Waals surface area contributed by atoms with Crippen molar-refractivity contribution in [2.45, 2.75) is 33.6 Å². The summed E-state index contributed by atoms with van der Waals surface area (Å²) in [6.45, 7) is 5.66. The fourth-order valence-electron chi connectivity index (χ4n) is 3.20. The smallest absolute Gasteiger partial charge is 0.340 e. The number of carbonyl (C=O) groups excluding carboxylic acids is 3. The van der Waals surface area contributed by atoms with Crippen LogP contribution >= 0.6 is 11.6 Å². The van der Waals surface area contributed by atoms with Crippen molar-refractivity contribution in [1.82, 2.24) is 4.57 Å². The van der Waals surface area contributed by atoms with Gasteiger partial charge in [-0.05, 0) is 38.0 Å². The minimum atomic E-state index is -0.563. The highest BCUT2D eigenvalue weighted by Crippen LogP contribution is 2.29. The highest BCUT2D eigenvalue weighted by atomic mass is 35.5. The SMILES string of the molecule is CCOC(=O)Cc1c(C(=O)OCC)c(CC)c(C(=O)c2ccccc2Cl)n1C. The van der Waals surface area contributed by atoms with Crippen molar-refractivity contribution in [2.75, 3.05) is 13.2 Å². The van der Waals surface area contributed by atoms with Crippen LogP contribution in [0.2, 0.25) is 5.02 Å². The van der Waals surface area contributed by atoms with Crippen molar-refractivity contribution >= 4 is 29.3 Å². The summed E-state index contributed by atoms with van der Waals surface area (Å²) >= 11 is 6.21. The monoisotopic (exact) mass is 405 g/mol. The molecule has 1 aromatic heterocycles. The van der Waals surface area contributed by atoms with Crippen molar-refractivity contribution in [1.29, 1.82) is 0 Å². The zero-order chi connectivity index (χ0) is 20.8. The Kier molecular flexibility index (Phi) is 7.40. The van der Waals surface area contributed by atoms with Crippen molar-refractivity contribution < 1.29 is 23.9 Å². The summed E-state index contributed by atoms with van der Waals surface area (Å²) in [5.74, 6) is -1.36. The molecular weight excluding hydrogens is 382 g/mol. The molecule has 0 N–H and O–H groups in total. The van der Waals surface area contributed by atoms with Crippen LogP contribution in [0, 0.1) is 0 Å². The number of ether oxygens (including phenoxy) is 2. The van der Waals surface area contributed by atoms with Crippen molar-refractivity contribution in [3.8, 4) is 0 Å². The van der Waals surface area contributed by atoms with E-state index in [4.69, 9.17) is 21.1 Å². The minimum Gasteiger partial charge on any atom is -0.466 e. The second-order valence-corrected chi connectivity index (χ2v) is 6.48. The average molecular weight is 406 g/mol. The quantitative estimate of drug-likeness (QED) is 0.494. The van der Waals surface area contributed by atoms with Gasteiger partial charge >= 0.3 is 11.9 Å². The zero-order valence-corrected chi connectivity index (χ0v) is 17.3. The number of carbonyl (C=O) groups is 3. The normalized spacial score (nSPS) is 10.6. The summed E-state index contributed by atoms with van der Waals surface area (Å²) in [6.07, 6.45) is 0.275. The van der Waals surface area contributed by atoms with Crippen LogP contribution in [0.5, 0.6) is 0 Å². The molecule has 0 unspecified atom stereocenters. The van der Waals surface area contributed by atoms with Crippen LogP contribution in [0.4, 0.5) is 0 Å². The van der Waals surface area contributed by atoms with Gasteiger partial charge in [-0.1, -0.05) is 30.7 Å². The Labute approximate surface area is 169 Å². The van der Waals surface area contributed by atoms with E-state index in [-0.39, 0.29) is 31.0 Å². The molecule has 6 nitrogen and oxygen atoms in total. The fraction of sp³-hybridized carbons (Fsp3) is 0.381. The zero-order valence-electron chi connectivity index (χ0n) is 16.5. The second kappa shape index (κ2) is 9.55. The van der Waals surface area contributed by atoms with Crippen molar-refractivity contribution in [3.63, 3.8) is 0 Å². The summed E-state index contributed by atoms with van der Waals surface area (Å²) < 4.78 is 11.8. The molecule has 0 bridgehead atoms. The van der Waals surface area contributed by atoms with Crippen LogP contribution < -0.4 is 0 Å². The lowest BCUT2D eigenvalue weighted by molar-refractivity contribution is -0.142. The number of aromatic nitrogens is 1. The predicted molar refractivity (Wildman–Crippen MR) is 106 cm³/mol. The molecule has 0 atom stereocenters. The third-order valence-electron chi connectivity index (χ3n) is 4.40. The van der Waals surface area contributed by atoms with Crippen LogP contribution in [-0.2, 0) is 34.2 Å². The maximum absolute atomic E-state index is 13.3. The maximum atomic E-state index is 13.3. The van der Waals surface area contributed by atoms with Gasteiger partial charge in [0, 0.05) is 18.3 Å². The molecule has 0 spiro atoms. The van der Waals surface area contributed by atoms with Gasteiger partial charge in [-0.3, -0.25) is 9.59 Å². The third-order valence-corrected chi connectivity index (χ3v) is 4.73. The van der Waals surface area contributed by atoms with Gasteiger partial charge in [0.15, 0.2) is 0 Å². The Bertz CT molecular complexity index is 900. The molecule has 1 heterocycles. The van der Waals surface area contributed by atoms with Gasteiger partial charge in [0.2, 0.25) is 5.78 Å². The Morgan fingerprint density at radius 1 is 1.04 bits per heavy atom. The lowest BCUT2D eigenvalue weighted by Crippen LogP contribution is -2.16. The Morgan fingerprint density at radius 3 is 2.25 bits per heavy atom. The van der Waals surface area contributed by atoms with Crippen LogP contribution in [0.1, 0.15) is 58.4 Å². The number of rotatable bonds is 8. The van der Waals surface area contributed by atoms with E-state index < -0.39 is 11.9 Å². The second-order valence-electron chi connectivity index (χ2n) is 6.07. The molecule has 2 aromatic rings. The molecule has 28 heavy (non-hydrogen) atoms. The first-order valence-corrected chi connectivity index (χ1v) is 9.57. The first kappa shape index (κ1) is 21.7. The maximum Gasteiger partial charge on any atom is 0.340 e. The summed E-state index contributed by atoms with van der Waals surface area (Å²) in [6, 6.07) is 6.72. The number of hydrogen-bond acceptors (Lipinski definition) is 5. The summed E-state index contributed by atoms with van der Waals surface area (Å²) in [5, 5.41) is 0.320. The van der Waals surface area contributed by atoms with E-state index in [1.807, 2.05) is 6.92 Å². The Morgan fingerprint density at radius 2 is 1.68 bits per heavy atom. The lowest BCUT2D eigenvalue weighted by atomic mass is 10.00. The molecule has 7 heteroatoms. The first-order chi connectivity index (χ1) is 13.4. The van der Waals surface area contributed by atoms with Gasteiger partial charge in [-0.15, -0.1) is 0 Å². The Hall–Kier alpha value is -2.60. The van der Waals surface area contributed by atoms with Crippen LogP contribution in [0.3, 0.4) is 0 Å². The van der Waals surface area contributed by atoms with Crippen molar-refractivity contribution in [3.05, 3.63) is 57.4 Å². The molecule has 1 aromatic carbocycles. The topological polar surface area (TPSA) is 74.6 Å². The van der Waals surface area contributed by atoms with E-state index in [0.29, 0.717) is 34.0 Å². The largest absolute Gasteiger partial charge is 0.466 e. The molecule has 0 radical (unpaired) electrons. The lowest BCUT2D eigenvalue weighted by Gasteiger charge is -2.09. The molecule has 2 rings (SSSR count). The molecular formula is C21H24ClNO5. The fourth-order valence-corrected chi connectivity index (χ4v) is 3.43. The summed E-state index contributed by atoms with van der Waals surface area (Å²) in [5.41, 5.74) is 1.82. The number of esters is 2. The first-order valence-electron chi connectivity index (χ1n) is 9.19. The van der Waals surface area contributed by atoms with Gasteiger partial charge < -0.3 is 14.0 Å². The van der Waals surface area contributed by atoms with E-state index in [2.05, 4.69) is 0 Å². The van der Waals surface area contributed by atoms with Gasteiger partial charge in [0.25, 0.3) is 0 Å². The van der Waals surface area contributed by atoms with Crippen molar-refractivity contribution in [2.24, 2.45) is 7.05 Å². The number of hydrogen-bond donors (Lipinski definition) is 0. The average Bonchev–Trinajstić information content (AvgIpc) is 2.93. The molecule has 0 aliphatic rings. The molecule has 0 amide bonds. The van der Waals surface area contributed by atoms with E-state index in [1.165, 1.54) is 0 Å². The molecule has 0 saturated carbocycles. The third kappa shape index (κ3) is 4.28. The van der Waals surface area contributed by atoms with Gasteiger partial charge in [-0.25, -0.2) is 4.79 Å². The van der Waals surface area contributed by atoms with Crippen LogP contribution in [-0.4, -0.2) is 35.5 Å². The Balaban J connectivity index is 2.68. The summed E-state index contributed by atoms with van der Waals surface area (Å²) in [4.78, 5) is 38.0. The number of nitrogens with zero attached hydrogens (tertiary/aromatic N) is 1. The van der Waals surface area contributed by atoms with E-state index in [1.54, 1.807) is 49.7 Å². The molecule has 150 valence electrons. The summed E-state index contributed by atoms with van der Waals surface area (Å²) in [7, 11) is 1.65. The molecule has 0 aliphatic heterocycles. The number of halogens is 1. The predicted octanol–water partition coefficient (Wildman–Crippen LogP) is 3.75. The van der Waals surface area contributed by atoms with E-state index >= 15 is 0 Å².